The van der Waals surface area contributed by atoms with E-state index >= 15 is 0 Å². The molecule has 2 N–H and O–H groups in total. The van der Waals surface area contributed by atoms with Gasteiger partial charge in [-0.1, -0.05) is 156 Å². The number of amides is 1. The fourth-order valence-electron chi connectivity index (χ4n) is 5.55. The van der Waals surface area contributed by atoms with Gasteiger partial charge in [-0.3, -0.25) is 14.9 Å². The van der Waals surface area contributed by atoms with Gasteiger partial charge in [-0.25, -0.2) is 0 Å². The maximum atomic E-state index is 12.7. The predicted octanol–water partition coefficient (Wildman–Crippen LogP) is 11.8. The van der Waals surface area contributed by atoms with Gasteiger partial charge in [0.25, 0.3) is 0 Å². The fraction of sp³-hybridized carbons (Fsp3) is 0.895. The third-order valence-corrected chi connectivity index (χ3v) is 8.43. The molecule has 0 heterocycles. The third kappa shape index (κ3) is 27.8. The minimum atomic E-state index is -0.974. The van der Waals surface area contributed by atoms with Crippen LogP contribution in [-0.2, 0) is 19.1 Å². The number of rotatable bonds is 34. The van der Waals surface area contributed by atoms with Gasteiger partial charge in [0.15, 0.2) is 5.76 Å². The van der Waals surface area contributed by atoms with Crippen LogP contribution in [0.1, 0.15) is 207 Å². The molecule has 0 aromatic rings. The number of hydrogen-bond acceptors (Lipinski definition) is 4. The number of ether oxygens (including phenoxy) is 2. The van der Waals surface area contributed by atoms with E-state index in [1.54, 1.807) is 0 Å². The van der Waals surface area contributed by atoms with Gasteiger partial charge >= 0.3 is 5.97 Å². The Hall–Kier alpha value is -1.72. The first-order valence-electron chi connectivity index (χ1n) is 19.0. The molecule has 260 valence electrons. The van der Waals surface area contributed by atoms with E-state index in [-0.39, 0.29) is 24.9 Å². The summed E-state index contributed by atoms with van der Waals surface area (Å²) in [6.07, 6.45) is 31.6. The summed E-state index contributed by atoms with van der Waals surface area (Å²) >= 11 is 0. The molecule has 6 nitrogen and oxygen atoms in total. The Morgan fingerprint density at radius 3 is 1.45 bits per heavy atom. The second kappa shape index (κ2) is 32.7. The molecule has 0 saturated heterocycles. The van der Waals surface area contributed by atoms with Crippen LogP contribution in [0.2, 0.25) is 0 Å². The summed E-state index contributed by atoms with van der Waals surface area (Å²) in [5.74, 6) is -0.179. The van der Waals surface area contributed by atoms with Crippen molar-refractivity contribution in [3.8, 4) is 0 Å². The van der Waals surface area contributed by atoms with Crippen molar-refractivity contribution in [1.29, 1.82) is 0 Å². The first-order chi connectivity index (χ1) is 21.5. The van der Waals surface area contributed by atoms with Crippen LogP contribution in [-0.4, -0.2) is 29.7 Å². The topological polar surface area (TPSA) is 84.9 Å². The lowest BCUT2D eigenvalue weighted by Gasteiger charge is -2.23. The zero-order chi connectivity index (χ0) is 32.5. The number of aliphatic carboxylic acids is 1. The van der Waals surface area contributed by atoms with Gasteiger partial charge in [-0.15, -0.1) is 0 Å². The molecule has 0 aliphatic carbocycles. The normalized spacial score (nSPS) is 12.5. The van der Waals surface area contributed by atoms with Gasteiger partial charge in [-0.05, 0) is 32.1 Å². The van der Waals surface area contributed by atoms with Crippen molar-refractivity contribution in [1.82, 2.24) is 5.32 Å². The standard InChI is InChI=1S/C38H73NO5/c1-5-9-11-13-15-17-19-20-22-24-26-28-30-35(43-33-7-3)38(39-36(40)31-32-37(41)42)44-34(8-4)29-27-25-23-21-18-16-14-12-10-6-2/h34H,5-33H2,1-4H3,(H,39,40)(H,41,42)/b38-35+. The predicted molar refractivity (Wildman–Crippen MR) is 186 cm³/mol. The van der Waals surface area contributed by atoms with Crippen LogP contribution in [0.3, 0.4) is 0 Å². The molecule has 1 atom stereocenters. The maximum Gasteiger partial charge on any atom is 0.303 e. The molecule has 0 aliphatic heterocycles. The molecule has 0 aliphatic rings. The average molecular weight is 624 g/mol. The van der Waals surface area contributed by atoms with Crippen LogP contribution in [0.15, 0.2) is 11.6 Å². The first-order valence-corrected chi connectivity index (χ1v) is 19.0. The van der Waals surface area contributed by atoms with E-state index < -0.39 is 5.97 Å². The molecule has 0 rings (SSSR count). The molecule has 44 heavy (non-hydrogen) atoms. The van der Waals surface area contributed by atoms with Gasteiger partial charge < -0.3 is 14.6 Å². The van der Waals surface area contributed by atoms with Crippen molar-refractivity contribution < 1.29 is 24.2 Å². The van der Waals surface area contributed by atoms with Crippen molar-refractivity contribution in [3.63, 3.8) is 0 Å². The Balaban J connectivity index is 4.88. The van der Waals surface area contributed by atoms with E-state index in [9.17, 15) is 9.59 Å². The monoisotopic (exact) mass is 624 g/mol. The number of carbonyl (C=O) groups excluding carboxylic acids is 1. The van der Waals surface area contributed by atoms with E-state index in [0.29, 0.717) is 18.2 Å². The minimum Gasteiger partial charge on any atom is -0.492 e. The highest BCUT2D eigenvalue weighted by atomic mass is 16.5. The third-order valence-electron chi connectivity index (χ3n) is 8.43. The lowest BCUT2D eigenvalue weighted by Crippen LogP contribution is -2.29. The number of nitrogens with one attached hydrogen (secondary N) is 1. The first kappa shape index (κ1) is 42.3. The molecular formula is C38H73NO5. The number of hydrogen-bond donors (Lipinski definition) is 2. The smallest absolute Gasteiger partial charge is 0.303 e. The Morgan fingerprint density at radius 2 is 1.02 bits per heavy atom. The summed E-state index contributed by atoms with van der Waals surface area (Å²) in [5, 5.41) is 12.0. The van der Waals surface area contributed by atoms with Crippen LogP contribution >= 0.6 is 0 Å². The Labute approximate surface area is 272 Å². The molecule has 6 heteroatoms. The summed E-state index contributed by atoms with van der Waals surface area (Å²) in [6, 6.07) is 0. The van der Waals surface area contributed by atoms with Crippen LogP contribution in [0.4, 0.5) is 0 Å². The van der Waals surface area contributed by atoms with Crippen molar-refractivity contribution >= 4 is 11.9 Å². The highest BCUT2D eigenvalue weighted by molar-refractivity contribution is 5.81. The average Bonchev–Trinajstić information content (AvgIpc) is 3.01. The summed E-state index contributed by atoms with van der Waals surface area (Å²) in [4.78, 5) is 23.7. The number of allylic oxidation sites excluding steroid dienone is 1. The van der Waals surface area contributed by atoms with Gasteiger partial charge in [0.05, 0.1) is 13.0 Å². The largest absolute Gasteiger partial charge is 0.492 e. The highest BCUT2D eigenvalue weighted by Crippen LogP contribution is 2.22. The molecule has 0 saturated carbocycles. The SMILES string of the molecule is CCCCCCCCCCCCCC/C(OCCC)=C(/NC(=O)CCC(=O)O)OC(CC)CCCCCCCCCCCC. The van der Waals surface area contributed by atoms with Crippen molar-refractivity contribution in [2.75, 3.05) is 6.61 Å². The van der Waals surface area contributed by atoms with E-state index in [2.05, 4.69) is 33.0 Å². The molecule has 0 aromatic carbocycles. The molecule has 0 spiro atoms. The lowest BCUT2D eigenvalue weighted by atomic mass is 10.0. The summed E-state index contributed by atoms with van der Waals surface area (Å²) in [6.45, 7) is 9.30. The van der Waals surface area contributed by atoms with E-state index in [1.165, 1.54) is 122 Å². The van der Waals surface area contributed by atoms with E-state index in [0.717, 1.165) is 44.9 Å². The number of carboxylic acid groups (broad SMARTS) is 1. The van der Waals surface area contributed by atoms with Gasteiger partial charge in [-0.2, -0.15) is 0 Å². The van der Waals surface area contributed by atoms with Crippen molar-refractivity contribution in [3.05, 3.63) is 11.6 Å². The van der Waals surface area contributed by atoms with Gasteiger partial charge in [0.1, 0.15) is 6.10 Å². The van der Waals surface area contributed by atoms with Crippen LogP contribution in [0.25, 0.3) is 0 Å². The van der Waals surface area contributed by atoms with E-state index in [1.807, 2.05) is 0 Å². The Bertz CT molecular complexity index is 693. The van der Waals surface area contributed by atoms with Crippen LogP contribution in [0.5, 0.6) is 0 Å². The second-order valence-electron chi connectivity index (χ2n) is 12.8. The Morgan fingerprint density at radius 1 is 0.568 bits per heavy atom. The van der Waals surface area contributed by atoms with Crippen LogP contribution in [0, 0.1) is 0 Å². The maximum absolute atomic E-state index is 12.7. The molecule has 0 bridgehead atoms. The zero-order valence-electron chi connectivity index (χ0n) is 29.7. The fourth-order valence-corrected chi connectivity index (χ4v) is 5.55. The van der Waals surface area contributed by atoms with Crippen molar-refractivity contribution in [2.24, 2.45) is 0 Å². The Kier molecular flexibility index (Phi) is 31.4. The number of unbranched alkanes of at least 4 members (excludes halogenated alkanes) is 20. The number of carboxylic acids is 1. The highest BCUT2D eigenvalue weighted by Gasteiger charge is 2.19. The van der Waals surface area contributed by atoms with Crippen LogP contribution < -0.4 is 5.32 Å². The number of carbonyl (C=O) groups is 2. The quantitative estimate of drug-likeness (QED) is 0.0550. The summed E-state index contributed by atoms with van der Waals surface area (Å²) in [5.41, 5.74) is 0. The van der Waals surface area contributed by atoms with E-state index in [4.69, 9.17) is 14.6 Å². The second-order valence-corrected chi connectivity index (χ2v) is 12.8. The van der Waals surface area contributed by atoms with Gasteiger partial charge in [0, 0.05) is 12.8 Å². The lowest BCUT2D eigenvalue weighted by molar-refractivity contribution is -0.138. The van der Waals surface area contributed by atoms with Gasteiger partial charge in [0.2, 0.25) is 11.8 Å². The molecule has 0 radical (unpaired) electrons. The molecular weight excluding hydrogens is 550 g/mol. The minimum absolute atomic E-state index is 0.000941. The molecule has 0 fully saturated rings. The zero-order valence-corrected chi connectivity index (χ0v) is 29.7. The van der Waals surface area contributed by atoms with Crippen molar-refractivity contribution in [2.45, 2.75) is 214 Å². The molecule has 0 aromatic heterocycles. The molecule has 1 unspecified atom stereocenters. The summed E-state index contributed by atoms with van der Waals surface area (Å²) < 4.78 is 12.6. The molecule has 1 amide bonds. The summed E-state index contributed by atoms with van der Waals surface area (Å²) in [7, 11) is 0.